The molecule has 0 aromatic carbocycles. The Balaban J connectivity index is 2.52. The molecule has 1 fully saturated rings. The summed E-state index contributed by atoms with van der Waals surface area (Å²) in [4.78, 5) is 25.2. The zero-order chi connectivity index (χ0) is 15.0. The van der Waals surface area contributed by atoms with Crippen molar-refractivity contribution in [1.29, 1.82) is 0 Å². The van der Waals surface area contributed by atoms with E-state index in [0.717, 1.165) is 32.1 Å². The summed E-state index contributed by atoms with van der Waals surface area (Å²) in [6, 6.07) is 0. The molecular weight excluding hydrogens is 258 g/mol. The van der Waals surface area contributed by atoms with E-state index in [1.165, 1.54) is 0 Å². The highest BCUT2D eigenvalue weighted by Gasteiger charge is 2.28. The van der Waals surface area contributed by atoms with Crippen LogP contribution in [0, 0.1) is 11.8 Å². The van der Waals surface area contributed by atoms with E-state index in [-0.39, 0.29) is 11.8 Å². The van der Waals surface area contributed by atoms with Gasteiger partial charge in [-0.15, -0.1) is 0 Å². The number of carbonyl (C=O) groups excluding carboxylic acids is 1. The second-order valence-electron chi connectivity index (χ2n) is 5.56. The van der Waals surface area contributed by atoms with Gasteiger partial charge in [-0.3, -0.25) is 9.59 Å². The van der Waals surface area contributed by atoms with Crippen molar-refractivity contribution in [2.24, 2.45) is 11.8 Å². The number of ether oxygens (including phenoxy) is 1. The molecule has 0 bridgehead atoms. The average molecular weight is 285 g/mol. The Kier molecular flexibility index (Phi) is 7.59. The second-order valence-corrected chi connectivity index (χ2v) is 5.56. The van der Waals surface area contributed by atoms with Crippen LogP contribution >= 0.6 is 0 Å². The monoisotopic (exact) mass is 285 g/mol. The summed E-state index contributed by atoms with van der Waals surface area (Å²) in [7, 11) is 0. The van der Waals surface area contributed by atoms with Gasteiger partial charge < -0.3 is 14.7 Å². The molecule has 1 rings (SSSR count). The van der Waals surface area contributed by atoms with Gasteiger partial charge in [0, 0.05) is 32.2 Å². The van der Waals surface area contributed by atoms with Crippen LogP contribution in [0.15, 0.2) is 0 Å². The van der Waals surface area contributed by atoms with Crippen molar-refractivity contribution in [3.8, 4) is 0 Å². The van der Waals surface area contributed by atoms with Gasteiger partial charge in [0.2, 0.25) is 5.91 Å². The van der Waals surface area contributed by atoms with Gasteiger partial charge in [-0.05, 0) is 26.2 Å². The van der Waals surface area contributed by atoms with Crippen molar-refractivity contribution in [3.05, 3.63) is 0 Å². The number of carboxylic acids is 1. The topological polar surface area (TPSA) is 66.8 Å². The normalized spacial score (nSPS) is 17.1. The van der Waals surface area contributed by atoms with Crippen LogP contribution in [0.2, 0.25) is 0 Å². The molecule has 0 aliphatic heterocycles. The molecule has 5 nitrogen and oxygen atoms in total. The Hall–Kier alpha value is -1.10. The largest absolute Gasteiger partial charge is 0.481 e. The minimum atomic E-state index is -0.848. The number of aliphatic carboxylic acids is 1. The lowest BCUT2D eigenvalue weighted by Gasteiger charge is -2.27. The molecule has 0 spiro atoms. The number of hydrogen-bond donors (Lipinski definition) is 1. The maximum Gasteiger partial charge on any atom is 0.308 e. The van der Waals surface area contributed by atoms with Gasteiger partial charge in [0.1, 0.15) is 0 Å². The maximum absolute atomic E-state index is 12.5. The molecule has 0 heterocycles. The van der Waals surface area contributed by atoms with Crippen LogP contribution in [0.4, 0.5) is 0 Å². The molecule has 0 aromatic heterocycles. The van der Waals surface area contributed by atoms with E-state index >= 15 is 0 Å². The first kappa shape index (κ1) is 17.0. The molecule has 0 aromatic rings. The number of hydrogen-bond acceptors (Lipinski definition) is 3. The third-order valence-corrected chi connectivity index (χ3v) is 3.85. The van der Waals surface area contributed by atoms with E-state index in [4.69, 9.17) is 9.84 Å². The van der Waals surface area contributed by atoms with E-state index in [1.54, 1.807) is 11.8 Å². The van der Waals surface area contributed by atoms with Crippen molar-refractivity contribution in [2.45, 2.75) is 46.0 Å². The zero-order valence-corrected chi connectivity index (χ0v) is 12.6. The fourth-order valence-corrected chi connectivity index (χ4v) is 2.63. The summed E-state index contributed by atoms with van der Waals surface area (Å²) in [5.41, 5.74) is 0. The predicted molar refractivity (Wildman–Crippen MR) is 76.4 cm³/mol. The van der Waals surface area contributed by atoms with Crippen LogP contribution in [0.3, 0.4) is 0 Å². The first-order valence-electron chi connectivity index (χ1n) is 7.65. The first-order chi connectivity index (χ1) is 9.56. The molecule has 1 N–H and O–H groups in total. The molecule has 0 saturated heterocycles. The minimum Gasteiger partial charge on any atom is -0.481 e. The zero-order valence-electron chi connectivity index (χ0n) is 12.6. The van der Waals surface area contributed by atoms with E-state index < -0.39 is 11.9 Å². The van der Waals surface area contributed by atoms with Gasteiger partial charge in [0.25, 0.3) is 0 Å². The second kappa shape index (κ2) is 8.95. The molecule has 1 atom stereocenters. The molecule has 0 radical (unpaired) electrons. The molecular formula is C15H27NO4. The lowest BCUT2D eigenvalue weighted by molar-refractivity contribution is -0.144. The van der Waals surface area contributed by atoms with Gasteiger partial charge >= 0.3 is 5.97 Å². The molecule has 1 saturated carbocycles. The lowest BCUT2D eigenvalue weighted by Crippen LogP contribution is -2.40. The molecule has 1 aliphatic carbocycles. The molecule has 116 valence electrons. The van der Waals surface area contributed by atoms with E-state index in [9.17, 15) is 9.59 Å². The maximum atomic E-state index is 12.5. The first-order valence-corrected chi connectivity index (χ1v) is 7.65. The van der Waals surface area contributed by atoms with Gasteiger partial charge in [0.15, 0.2) is 0 Å². The highest BCUT2D eigenvalue weighted by molar-refractivity contribution is 5.80. The summed E-state index contributed by atoms with van der Waals surface area (Å²) in [6.45, 7) is 5.77. The lowest BCUT2D eigenvalue weighted by atomic mass is 10.0. The van der Waals surface area contributed by atoms with Crippen LogP contribution in [0.25, 0.3) is 0 Å². The van der Waals surface area contributed by atoms with Crippen LogP contribution in [-0.4, -0.2) is 48.2 Å². The number of nitrogens with zero attached hydrogens (tertiary/aromatic N) is 1. The number of amides is 1. The fourth-order valence-electron chi connectivity index (χ4n) is 2.63. The Morgan fingerprint density at radius 2 is 2.00 bits per heavy atom. The smallest absolute Gasteiger partial charge is 0.308 e. The Morgan fingerprint density at radius 1 is 1.35 bits per heavy atom. The summed E-state index contributed by atoms with van der Waals surface area (Å²) >= 11 is 0. The molecule has 1 unspecified atom stereocenters. The molecule has 20 heavy (non-hydrogen) atoms. The van der Waals surface area contributed by atoms with Crippen LogP contribution in [-0.2, 0) is 14.3 Å². The van der Waals surface area contributed by atoms with Crippen LogP contribution < -0.4 is 0 Å². The Labute approximate surface area is 121 Å². The number of carbonyl (C=O) groups is 2. The summed E-state index contributed by atoms with van der Waals surface area (Å²) in [6.07, 6.45) is 4.87. The SMILES string of the molecule is CCOCCCN(CC(C)C(=O)O)C(=O)C1CCCC1. The van der Waals surface area contributed by atoms with Gasteiger partial charge in [-0.25, -0.2) is 0 Å². The Morgan fingerprint density at radius 3 is 2.55 bits per heavy atom. The highest BCUT2D eigenvalue weighted by Crippen LogP contribution is 2.27. The average Bonchev–Trinajstić information content (AvgIpc) is 2.95. The van der Waals surface area contributed by atoms with Crippen LogP contribution in [0.1, 0.15) is 46.0 Å². The third kappa shape index (κ3) is 5.49. The standard InChI is InChI=1S/C15H27NO4/c1-3-20-10-6-9-16(11-12(2)15(18)19)14(17)13-7-4-5-8-13/h12-13H,3-11H2,1-2H3,(H,18,19). The summed E-state index contributed by atoms with van der Waals surface area (Å²) < 4.78 is 5.29. The quantitative estimate of drug-likeness (QED) is 0.659. The summed E-state index contributed by atoms with van der Waals surface area (Å²) in [5, 5.41) is 9.02. The van der Waals surface area contributed by atoms with Gasteiger partial charge in [-0.1, -0.05) is 19.8 Å². The van der Waals surface area contributed by atoms with E-state index in [2.05, 4.69) is 0 Å². The van der Waals surface area contributed by atoms with Crippen molar-refractivity contribution >= 4 is 11.9 Å². The minimum absolute atomic E-state index is 0.100. The number of carboxylic acid groups (broad SMARTS) is 1. The van der Waals surface area contributed by atoms with Crippen molar-refractivity contribution in [1.82, 2.24) is 4.90 Å². The summed E-state index contributed by atoms with van der Waals surface area (Å²) in [5.74, 6) is -1.14. The van der Waals surface area contributed by atoms with E-state index in [1.807, 2.05) is 6.92 Å². The van der Waals surface area contributed by atoms with Gasteiger partial charge in [-0.2, -0.15) is 0 Å². The number of rotatable bonds is 9. The molecule has 5 heteroatoms. The van der Waals surface area contributed by atoms with Crippen molar-refractivity contribution in [3.63, 3.8) is 0 Å². The third-order valence-electron chi connectivity index (χ3n) is 3.85. The van der Waals surface area contributed by atoms with Crippen molar-refractivity contribution in [2.75, 3.05) is 26.3 Å². The highest BCUT2D eigenvalue weighted by atomic mass is 16.5. The van der Waals surface area contributed by atoms with Gasteiger partial charge in [0.05, 0.1) is 5.92 Å². The van der Waals surface area contributed by atoms with E-state index in [0.29, 0.717) is 26.3 Å². The Bertz CT molecular complexity index is 313. The molecule has 1 aliphatic rings. The molecule has 1 amide bonds. The fraction of sp³-hybridized carbons (Fsp3) is 0.867. The predicted octanol–water partition coefficient (Wildman–Crippen LogP) is 2.15. The van der Waals surface area contributed by atoms with Crippen molar-refractivity contribution < 1.29 is 19.4 Å². The van der Waals surface area contributed by atoms with Crippen LogP contribution in [0.5, 0.6) is 0 Å².